The first kappa shape index (κ1) is 22.4. The number of anilines is 2. The van der Waals surface area contributed by atoms with Gasteiger partial charge in [-0.25, -0.2) is 0 Å². The van der Waals surface area contributed by atoms with Gasteiger partial charge >= 0.3 is 5.97 Å². The number of hydrogen-bond acceptors (Lipinski definition) is 5. The molecule has 3 aromatic carbocycles. The number of Topliss-reactive ketones (excluding diaryl/α,β-unsaturated/α-hetero) is 1. The molecule has 4 aromatic rings. The van der Waals surface area contributed by atoms with Gasteiger partial charge in [-0.05, 0) is 55.2 Å². The van der Waals surface area contributed by atoms with Crippen LogP contribution in [0, 0.1) is 11.8 Å². The van der Waals surface area contributed by atoms with Crippen molar-refractivity contribution >= 4 is 44.9 Å². The Morgan fingerprint density at radius 3 is 2.50 bits per heavy atom. The molecule has 3 atom stereocenters. The standard InChI is InChI=1S/C30H29N3O3/c1-4-33-24-12-8-5-9-19(24)20-16-18(13-14-25(20)33)28-27-23(31-21-10-6-7-11-22(21)32-28)15-17(2)26(29(27)34)30(35)36-3/h5-14,16-17,26,28,31-32H,4,15H2,1-3H3/t17-,26-,28-/m0/s1. The van der Waals surface area contributed by atoms with Crippen LogP contribution in [0.25, 0.3) is 21.8 Å². The smallest absolute Gasteiger partial charge is 0.316 e. The van der Waals surface area contributed by atoms with Crippen molar-refractivity contribution in [1.29, 1.82) is 0 Å². The molecular formula is C30H29N3O3. The number of nitrogens with one attached hydrogen (secondary N) is 2. The maximum absolute atomic E-state index is 13.9. The van der Waals surface area contributed by atoms with Crippen molar-refractivity contribution in [2.24, 2.45) is 11.8 Å². The molecule has 0 radical (unpaired) electrons. The zero-order chi connectivity index (χ0) is 25.0. The summed E-state index contributed by atoms with van der Waals surface area (Å²) in [4.78, 5) is 26.6. The molecule has 1 aliphatic carbocycles. The van der Waals surface area contributed by atoms with Crippen LogP contribution in [-0.4, -0.2) is 23.4 Å². The van der Waals surface area contributed by atoms with Crippen molar-refractivity contribution in [3.05, 3.63) is 83.6 Å². The summed E-state index contributed by atoms with van der Waals surface area (Å²) in [5, 5.41) is 9.49. The summed E-state index contributed by atoms with van der Waals surface area (Å²) in [6.07, 6.45) is 0.588. The number of aryl methyl sites for hydroxylation is 1. The van der Waals surface area contributed by atoms with Crippen molar-refractivity contribution < 1.29 is 14.3 Å². The van der Waals surface area contributed by atoms with Crippen molar-refractivity contribution in [1.82, 2.24) is 4.57 Å². The number of rotatable bonds is 3. The minimum atomic E-state index is -0.813. The number of esters is 1. The van der Waals surface area contributed by atoms with Crippen molar-refractivity contribution in [3.8, 4) is 0 Å². The molecule has 182 valence electrons. The van der Waals surface area contributed by atoms with Crippen molar-refractivity contribution in [3.63, 3.8) is 0 Å². The molecular weight excluding hydrogens is 450 g/mol. The highest BCUT2D eigenvalue weighted by molar-refractivity contribution is 6.12. The van der Waals surface area contributed by atoms with E-state index in [-0.39, 0.29) is 11.7 Å². The maximum atomic E-state index is 13.9. The van der Waals surface area contributed by atoms with E-state index in [9.17, 15) is 9.59 Å². The lowest BCUT2D eigenvalue weighted by Gasteiger charge is -2.32. The largest absolute Gasteiger partial charge is 0.468 e. The van der Waals surface area contributed by atoms with Crippen LogP contribution in [0.4, 0.5) is 11.4 Å². The molecule has 0 fully saturated rings. The number of methoxy groups -OCH3 is 1. The summed E-state index contributed by atoms with van der Waals surface area (Å²) in [5.74, 6) is -1.62. The van der Waals surface area contributed by atoms with E-state index in [2.05, 4.69) is 64.6 Å². The average molecular weight is 480 g/mol. The molecule has 36 heavy (non-hydrogen) atoms. The Morgan fingerprint density at radius 1 is 1.00 bits per heavy atom. The number of aromatic nitrogens is 1. The van der Waals surface area contributed by atoms with Crippen LogP contribution in [0.3, 0.4) is 0 Å². The van der Waals surface area contributed by atoms with Gasteiger partial charge in [-0.3, -0.25) is 9.59 Å². The summed E-state index contributed by atoms with van der Waals surface area (Å²) in [5.41, 5.74) is 6.67. The number of ether oxygens (including phenoxy) is 1. The summed E-state index contributed by atoms with van der Waals surface area (Å²) in [7, 11) is 1.35. The minimum Gasteiger partial charge on any atom is -0.468 e. The van der Waals surface area contributed by atoms with E-state index in [4.69, 9.17) is 4.74 Å². The lowest BCUT2D eigenvalue weighted by atomic mass is 9.74. The topological polar surface area (TPSA) is 72.4 Å². The molecule has 0 spiro atoms. The lowest BCUT2D eigenvalue weighted by molar-refractivity contribution is -0.151. The van der Waals surface area contributed by atoms with Gasteiger partial charge in [0.2, 0.25) is 0 Å². The van der Waals surface area contributed by atoms with Gasteiger partial charge in [-0.15, -0.1) is 0 Å². The first-order valence-corrected chi connectivity index (χ1v) is 12.5. The second-order valence-corrected chi connectivity index (χ2v) is 9.72. The number of ketones is 1. The molecule has 0 saturated heterocycles. The third kappa shape index (κ3) is 3.32. The fourth-order valence-corrected chi connectivity index (χ4v) is 5.98. The van der Waals surface area contributed by atoms with E-state index >= 15 is 0 Å². The van der Waals surface area contributed by atoms with Gasteiger partial charge < -0.3 is 19.9 Å². The Balaban J connectivity index is 1.57. The molecule has 2 heterocycles. The predicted molar refractivity (Wildman–Crippen MR) is 143 cm³/mol. The number of fused-ring (bicyclic) bond motifs is 4. The van der Waals surface area contributed by atoms with E-state index in [0.29, 0.717) is 12.0 Å². The highest BCUT2D eigenvalue weighted by atomic mass is 16.5. The first-order chi connectivity index (χ1) is 17.5. The monoisotopic (exact) mass is 479 g/mol. The summed E-state index contributed by atoms with van der Waals surface area (Å²) < 4.78 is 7.36. The third-order valence-corrected chi connectivity index (χ3v) is 7.67. The van der Waals surface area contributed by atoms with Crippen molar-refractivity contribution in [2.45, 2.75) is 32.9 Å². The van der Waals surface area contributed by atoms with Crippen LogP contribution in [0.1, 0.15) is 31.9 Å². The fraction of sp³-hybridized carbons (Fsp3) is 0.267. The molecule has 2 N–H and O–H groups in total. The second-order valence-electron chi connectivity index (χ2n) is 9.72. The summed E-state index contributed by atoms with van der Waals surface area (Å²) in [6, 6.07) is 22.4. The molecule has 0 bridgehead atoms. The molecule has 0 amide bonds. The Hall–Kier alpha value is -4.06. The number of carbonyl (C=O) groups excluding carboxylic acids is 2. The molecule has 0 saturated carbocycles. The molecule has 2 aliphatic rings. The summed E-state index contributed by atoms with van der Waals surface area (Å²) in [6.45, 7) is 4.96. The zero-order valence-electron chi connectivity index (χ0n) is 20.7. The summed E-state index contributed by atoms with van der Waals surface area (Å²) >= 11 is 0. The van der Waals surface area contributed by atoms with Crippen molar-refractivity contribution in [2.75, 3.05) is 17.7 Å². The van der Waals surface area contributed by atoms with Gasteiger partial charge in [-0.1, -0.05) is 43.3 Å². The number of hydrogen-bond donors (Lipinski definition) is 2. The number of carbonyl (C=O) groups is 2. The van der Waals surface area contributed by atoms with Gasteiger partial charge in [0.1, 0.15) is 5.92 Å². The van der Waals surface area contributed by atoms with Crippen LogP contribution in [0.15, 0.2) is 78.0 Å². The molecule has 6 heteroatoms. The molecule has 6 nitrogen and oxygen atoms in total. The SMILES string of the molecule is CCn1c2ccccc2c2cc([C@@H]3Nc4ccccc4NC4=C3C(=O)[C@@H](C(=O)OC)[C@@H](C)C4)ccc21. The van der Waals surface area contributed by atoms with Gasteiger partial charge in [0.05, 0.1) is 24.5 Å². The Labute approximate surface area is 209 Å². The quantitative estimate of drug-likeness (QED) is 0.277. The van der Waals surface area contributed by atoms with Crippen LogP contribution in [0.5, 0.6) is 0 Å². The second kappa shape index (κ2) is 8.55. The van der Waals surface area contributed by atoms with Gasteiger partial charge in [0.15, 0.2) is 5.78 Å². The normalized spacial score (nSPS) is 21.4. The number of allylic oxidation sites excluding steroid dienone is 1. The van der Waals surface area contributed by atoms with Gasteiger partial charge in [0, 0.05) is 39.6 Å². The molecule has 1 aromatic heterocycles. The molecule has 1 aliphatic heterocycles. The van der Waals surface area contributed by atoms with Crippen LogP contribution in [0.2, 0.25) is 0 Å². The highest BCUT2D eigenvalue weighted by Crippen LogP contribution is 2.44. The van der Waals surface area contributed by atoms with E-state index in [0.717, 1.165) is 34.6 Å². The fourth-order valence-electron chi connectivity index (χ4n) is 5.98. The zero-order valence-corrected chi connectivity index (χ0v) is 20.7. The number of para-hydroxylation sites is 3. The Morgan fingerprint density at radius 2 is 1.72 bits per heavy atom. The minimum absolute atomic E-state index is 0.160. The van der Waals surface area contributed by atoms with E-state index in [1.54, 1.807) is 0 Å². The maximum Gasteiger partial charge on any atom is 0.316 e. The van der Waals surface area contributed by atoms with E-state index < -0.39 is 17.9 Å². The highest BCUT2D eigenvalue weighted by Gasteiger charge is 2.44. The number of nitrogens with zero attached hydrogens (tertiary/aromatic N) is 1. The van der Waals surface area contributed by atoms with E-state index in [1.807, 2.05) is 31.2 Å². The molecule has 0 unspecified atom stereocenters. The van der Waals surface area contributed by atoms with Crippen LogP contribution >= 0.6 is 0 Å². The van der Waals surface area contributed by atoms with Crippen LogP contribution < -0.4 is 10.6 Å². The third-order valence-electron chi connectivity index (χ3n) is 7.67. The van der Waals surface area contributed by atoms with Crippen LogP contribution in [-0.2, 0) is 20.9 Å². The molecule has 6 rings (SSSR count). The van der Waals surface area contributed by atoms with Gasteiger partial charge in [-0.2, -0.15) is 0 Å². The predicted octanol–water partition coefficient (Wildman–Crippen LogP) is 6.05. The average Bonchev–Trinajstić information content (AvgIpc) is 3.10. The number of benzene rings is 3. The Bertz CT molecular complexity index is 1560. The van der Waals surface area contributed by atoms with E-state index in [1.165, 1.54) is 23.5 Å². The van der Waals surface area contributed by atoms with Gasteiger partial charge in [0.25, 0.3) is 0 Å². The first-order valence-electron chi connectivity index (χ1n) is 12.5. The Kier molecular flexibility index (Phi) is 5.32. The lowest BCUT2D eigenvalue weighted by Crippen LogP contribution is -2.39.